The molecule has 1 amide bonds. The Morgan fingerprint density at radius 1 is 1.28 bits per heavy atom. The van der Waals surface area contributed by atoms with Gasteiger partial charge < -0.3 is 4.57 Å². The number of fused-ring (bicyclic) bond motifs is 2. The third-order valence-electron chi connectivity index (χ3n) is 4.21. The van der Waals surface area contributed by atoms with E-state index in [0.29, 0.717) is 28.4 Å². The van der Waals surface area contributed by atoms with Gasteiger partial charge in [0.25, 0.3) is 5.56 Å². The van der Waals surface area contributed by atoms with Crippen LogP contribution < -0.4 is 10.5 Å². The van der Waals surface area contributed by atoms with Gasteiger partial charge in [-0.3, -0.25) is 19.1 Å². The van der Waals surface area contributed by atoms with Crippen LogP contribution in [0.3, 0.4) is 0 Å². The zero-order valence-corrected chi connectivity index (χ0v) is 14.7. The minimum Gasteiger partial charge on any atom is -0.309 e. The first-order valence-electron chi connectivity index (χ1n) is 7.39. The smallest absolute Gasteiger partial charge is 0.281 e. The normalized spacial score (nSPS) is 13.3. The molecular weight excluding hydrogens is 388 g/mol. The number of anilines is 1. The summed E-state index contributed by atoms with van der Waals surface area (Å²) in [6.45, 7) is 7.55. The molecule has 2 aromatic heterocycles. The van der Waals surface area contributed by atoms with Crippen molar-refractivity contribution in [3.05, 3.63) is 56.3 Å². The molecule has 1 aromatic carbocycles. The lowest BCUT2D eigenvalue weighted by atomic mass is 10.2. The molecule has 0 spiro atoms. The quantitative estimate of drug-likeness (QED) is 0.488. The third kappa shape index (κ3) is 2.26. The number of hydrogen-bond donors (Lipinski definition) is 0. The number of imidazole rings is 1. The molecule has 8 nitrogen and oxygen atoms in total. The SMILES string of the molecule is [C-]#[N+]c1ccccc1Cn1c(Br)nc2nc3n(c(=O)c21)CC(=O)N3C. The Balaban J connectivity index is 1.93. The lowest BCUT2D eigenvalue weighted by Crippen LogP contribution is -2.22. The van der Waals surface area contributed by atoms with Crippen LogP contribution in [0.2, 0.25) is 0 Å². The van der Waals surface area contributed by atoms with Gasteiger partial charge in [0.2, 0.25) is 11.9 Å². The highest BCUT2D eigenvalue weighted by Gasteiger charge is 2.29. The Kier molecular flexibility index (Phi) is 3.43. The van der Waals surface area contributed by atoms with Crippen LogP contribution in [-0.4, -0.2) is 32.1 Å². The summed E-state index contributed by atoms with van der Waals surface area (Å²) >= 11 is 3.37. The Morgan fingerprint density at radius 3 is 2.80 bits per heavy atom. The van der Waals surface area contributed by atoms with Gasteiger partial charge in [-0.1, -0.05) is 24.3 Å². The number of carbonyl (C=O) groups excluding carboxylic acids is 1. The molecule has 0 unspecified atom stereocenters. The molecule has 0 bridgehead atoms. The summed E-state index contributed by atoms with van der Waals surface area (Å²) in [6, 6.07) is 7.20. The van der Waals surface area contributed by atoms with Crippen LogP contribution >= 0.6 is 15.9 Å². The first-order chi connectivity index (χ1) is 12.0. The Morgan fingerprint density at radius 2 is 2.04 bits per heavy atom. The summed E-state index contributed by atoms with van der Waals surface area (Å²) < 4.78 is 3.46. The second-order valence-corrected chi connectivity index (χ2v) is 6.34. The maximum Gasteiger partial charge on any atom is 0.281 e. The van der Waals surface area contributed by atoms with Crippen molar-refractivity contribution >= 4 is 44.6 Å². The highest BCUT2D eigenvalue weighted by molar-refractivity contribution is 9.10. The minimum absolute atomic E-state index is 0.0327. The summed E-state index contributed by atoms with van der Waals surface area (Å²) in [6.07, 6.45) is 0. The number of hydrogen-bond acceptors (Lipinski definition) is 4. The predicted octanol–water partition coefficient (Wildman–Crippen LogP) is 1.93. The van der Waals surface area contributed by atoms with E-state index in [9.17, 15) is 9.59 Å². The van der Waals surface area contributed by atoms with Gasteiger partial charge in [-0.2, -0.15) is 4.98 Å². The highest BCUT2D eigenvalue weighted by atomic mass is 79.9. The zero-order valence-electron chi connectivity index (χ0n) is 13.1. The average Bonchev–Trinajstić information content (AvgIpc) is 3.07. The minimum atomic E-state index is -0.323. The molecule has 3 aromatic rings. The second kappa shape index (κ2) is 5.53. The zero-order chi connectivity index (χ0) is 17.7. The number of nitrogens with zero attached hydrogens (tertiary/aromatic N) is 6. The molecule has 0 N–H and O–H groups in total. The van der Waals surface area contributed by atoms with Crippen LogP contribution in [-0.2, 0) is 17.9 Å². The number of rotatable bonds is 2. The van der Waals surface area contributed by atoms with Gasteiger partial charge >= 0.3 is 0 Å². The topological polar surface area (TPSA) is 77.4 Å². The third-order valence-corrected chi connectivity index (χ3v) is 4.81. The molecule has 0 fully saturated rings. The fraction of sp³-hybridized carbons (Fsp3) is 0.188. The maximum atomic E-state index is 12.9. The molecule has 9 heteroatoms. The molecule has 0 saturated carbocycles. The van der Waals surface area contributed by atoms with Crippen molar-refractivity contribution in [1.82, 2.24) is 19.1 Å². The van der Waals surface area contributed by atoms with Gasteiger partial charge in [0.1, 0.15) is 6.54 Å². The predicted molar refractivity (Wildman–Crippen MR) is 94.7 cm³/mol. The van der Waals surface area contributed by atoms with E-state index in [0.717, 1.165) is 5.56 Å². The van der Waals surface area contributed by atoms with E-state index in [-0.39, 0.29) is 23.7 Å². The number of benzene rings is 1. The fourth-order valence-corrected chi connectivity index (χ4v) is 3.37. The number of para-hydroxylation sites is 1. The molecule has 1 aliphatic heterocycles. The molecule has 0 radical (unpaired) electrons. The van der Waals surface area contributed by atoms with Gasteiger partial charge in [-0.15, -0.1) is 0 Å². The number of halogens is 1. The lowest BCUT2D eigenvalue weighted by molar-refractivity contribution is -0.117. The number of carbonyl (C=O) groups is 1. The first-order valence-corrected chi connectivity index (χ1v) is 8.19. The van der Waals surface area contributed by atoms with Crippen LogP contribution in [0.5, 0.6) is 0 Å². The molecule has 1 aliphatic rings. The van der Waals surface area contributed by atoms with Gasteiger partial charge in [0, 0.05) is 13.6 Å². The Bertz CT molecular complexity index is 1140. The number of aromatic nitrogens is 4. The van der Waals surface area contributed by atoms with E-state index in [4.69, 9.17) is 6.57 Å². The van der Waals surface area contributed by atoms with Crippen LogP contribution in [0.25, 0.3) is 16.0 Å². The summed E-state index contributed by atoms with van der Waals surface area (Å²) in [7, 11) is 1.58. The van der Waals surface area contributed by atoms with Crippen molar-refractivity contribution < 1.29 is 4.79 Å². The summed E-state index contributed by atoms with van der Waals surface area (Å²) in [4.78, 5) is 38.3. The van der Waals surface area contributed by atoms with Gasteiger partial charge in [0.15, 0.2) is 21.6 Å². The van der Waals surface area contributed by atoms with E-state index in [1.165, 1.54) is 9.47 Å². The van der Waals surface area contributed by atoms with Crippen LogP contribution in [0.15, 0.2) is 33.8 Å². The van der Waals surface area contributed by atoms with Crippen molar-refractivity contribution in [3.63, 3.8) is 0 Å². The molecule has 0 aliphatic carbocycles. The van der Waals surface area contributed by atoms with Crippen molar-refractivity contribution in [3.8, 4) is 0 Å². The maximum absolute atomic E-state index is 12.9. The number of amides is 1. The van der Waals surface area contributed by atoms with E-state index in [1.54, 1.807) is 23.7 Å². The average molecular weight is 399 g/mol. The number of likely N-dealkylation sites (N-methyl/N-ethyl adjacent to an activating group) is 1. The summed E-state index contributed by atoms with van der Waals surface area (Å²) in [5.41, 5.74) is 1.54. The summed E-state index contributed by atoms with van der Waals surface area (Å²) in [5, 5.41) is 0. The summed E-state index contributed by atoms with van der Waals surface area (Å²) in [5.74, 6) is 0.0995. The molecule has 0 saturated heterocycles. The molecule has 4 rings (SSSR count). The standard InChI is InChI=1S/C16H11BrN6O2/c1-18-10-6-4-3-5-9(10)7-22-12-13(19-15(22)17)20-16-21(2)11(24)8-23(16)14(12)25/h3-6H,7-8H2,2H3. The van der Waals surface area contributed by atoms with Crippen molar-refractivity contribution in [2.75, 3.05) is 11.9 Å². The van der Waals surface area contributed by atoms with E-state index >= 15 is 0 Å². The highest BCUT2D eigenvalue weighted by Crippen LogP contribution is 2.25. The molecule has 25 heavy (non-hydrogen) atoms. The molecule has 124 valence electrons. The van der Waals surface area contributed by atoms with Crippen LogP contribution in [0, 0.1) is 6.57 Å². The Labute approximate surface area is 150 Å². The second-order valence-electron chi connectivity index (χ2n) is 5.64. The molecular formula is C16H11BrN6O2. The van der Waals surface area contributed by atoms with Gasteiger partial charge in [-0.05, 0) is 21.5 Å². The van der Waals surface area contributed by atoms with E-state index < -0.39 is 0 Å². The largest absolute Gasteiger partial charge is 0.309 e. The Hall–Kier alpha value is -2.99. The lowest BCUT2D eigenvalue weighted by Gasteiger charge is -2.09. The first kappa shape index (κ1) is 15.5. The van der Waals surface area contributed by atoms with Crippen molar-refractivity contribution in [2.45, 2.75) is 13.1 Å². The van der Waals surface area contributed by atoms with E-state index in [2.05, 4.69) is 30.7 Å². The molecule has 0 atom stereocenters. The van der Waals surface area contributed by atoms with Crippen LogP contribution in [0.4, 0.5) is 11.6 Å². The monoisotopic (exact) mass is 398 g/mol. The van der Waals surface area contributed by atoms with Crippen LogP contribution in [0.1, 0.15) is 5.56 Å². The van der Waals surface area contributed by atoms with Gasteiger partial charge in [-0.25, -0.2) is 9.83 Å². The fourth-order valence-electron chi connectivity index (χ4n) is 2.90. The van der Waals surface area contributed by atoms with E-state index in [1.807, 2.05) is 12.1 Å². The molecule has 3 heterocycles. The van der Waals surface area contributed by atoms with Crippen molar-refractivity contribution in [2.24, 2.45) is 0 Å². The van der Waals surface area contributed by atoms with Gasteiger partial charge in [0.05, 0.1) is 6.57 Å². The van der Waals surface area contributed by atoms with Crippen molar-refractivity contribution in [1.29, 1.82) is 0 Å².